The molecule has 0 aliphatic heterocycles. The number of nitrogen functional groups attached to an aromatic ring is 1. The van der Waals surface area contributed by atoms with Crippen LogP contribution in [0.15, 0.2) is 36.4 Å². The Morgan fingerprint density at radius 3 is 2.71 bits per heavy atom. The molecule has 2 rings (SSSR count). The zero-order valence-electron chi connectivity index (χ0n) is 11.7. The lowest BCUT2D eigenvalue weighted by molar-refractivity contribution is 0.0598. The van der Waals surface area contributed by atoms with Crippen molar-refractivity contribution in [2.45, 2.75) is 6.92 Å². The molecule has 5 nitrogen and oxygen atoms in total. The highest BCUT2D eigenvalue weighted by molar-refractivity contribution is 5.94. The van der Waals surface area contributed by atoms with Gasteiger partial charge in [-0.2, -0.15) is 5.26 Å². The zero-order valence-corrected chi connectivity index (χ0v) is 11.7. The van der Waals surface area contributed by atoms with Crippen LogP contribution >= 0.6 is 0 Å². The summed E-state index contributed by atoms with van der Waals surface area (Å²) in [6, 6.07) is 11.9. The Kier molecular flexibility index (Phi) is 4.10. The Morgan fingerprint density at radius 1 is 1.29 bits per heavy atom. The topological polar surface area (TPSA) is 85.3 Å². The number of carbonyl (C=O) groups is 1. The number of para-hydroxylation sites is 1. The number of carbonyl (C=O) groups excluding carboxylic acids is 1. The van der Waals surface area contributed by atoms with Gasteiger partial charge in [-0.1, -0.05) is 12.1 Å². The van der Waals surface area contributed by atoms with E-state index in [2.05, 4.69) is 0 Å². The summed E-state index contributed by atoms with van der Waals surface area (Å²) in [6.45, 7) is 1.84. The summed E-state index contributed by atoms with van der Waals surface area (Å²) >= 11 is 0. The van der Waals surface area contributed by atoms with Crippen LogP contribution in [-0.2, 0) is 4.74 Å². The monoisotopic (exact) mass is 282 g/mol. The van der Waals surface area contributed by atoms with Gasteiger partial charge in [0.1, 0.15) is 11.3 Å². The molecule has 0 heterocycles. The Labute approximate surface area is 122 Å². The number of esters is 1. The van der Waals surface area contributed by atoms with Crippen molar-refractivity contribution in [1.29, 1.82) is 5.26 Å². The summed E-state index contributed by atoms with van der Waals surface area (Å²) in [4.78, 5) is 11.8. The fourth-order valence-corrected chi connectivity index (χ4v) is 1.83. The van der Waals surface area contributed by atoms with Crippen molar-refractivity contribution >= 4 is 11.7 Å². The van der Waals surface area contributed by atoms with Crippen molar-refractivity contribution in [2.24, 2.45) is 0 Å². The predicted octanol–water partition coefficient (Wildman–Crippen LogP) is 3.03. The van der Waals surface area contributed by atoms with E-state index in [9.17, 15) is 4.79 Å². The second kappa shape index (κ2) is 5.97. The molecular formula is C16H14N2O3. The summed E-state index contributed by atoms with van der Waals surface area (Å²) < 4.78 is 10.5. The number of nitriles is 1. The van der Waals surface area contributed by atoms with Gasteiger partial charge < -0.3 is 15.2 Å². The molecule has 106 valence electrons. The Bertz CT molecular complexity index is 733. The third kappa shape index (κ3) is 2.95. The molecule has 2 aromatic rings. The Balaban J connectivity index is 2.49. The lowest BCUT2D eigenvalue weighted by Crippen LogP contribution is -2.06. The van der Waals surface area contributed by atoms with Crippen molar-refractivity contribution in [2.75, 3.05) is 12.8 Å². The number of nitrogens with zero attached hydrogens (tertiary/aromatic N) is 1. The maximum atomic E-state index is 11.8. The van der Waals surface area contributed by atoms with Gasteiger partial charge in [0, 0.05) is 0 Å². The van der Waals surface area contributed by atoms with Crippen LogP contribution in [0, 0.1) is 18.3 Å². The van der Waals surface area contributed by atoms with E-state index in [1.54, 1.807) is 36.4 Å². The molecule has 0 aliphatic carbocycles. The van der Waals surface area contributed by atoms with Crippen molar-refractivity contribution in [3.05, 3.63) is 53.1 Å². The highest BCUT2D eigenvalue weighted by atomic mass is 16.5. The molecular weight excluding hydrogens is 268 g/mol. The molecule has 0 amide bonds. The normalized spacial score (nSPS) is 9.76. The second-order valence-electron chi connectivity index (χ2n) is 4.41. The maximum absolute atomic E-state index is 11.8. The van der Waals surface area contributed by atoms with Gasteiger partial charge in [0.25, 0.3) is 0 Å². The minimum Gasteiger partial charge on any atom is -0.465 e. The van der Waals surface area contributed by atoms with Crippen molar-refractivity contribution < 1.29 is 14.3 Å². The molecule has 0 bridgehead atoms. The minimum absolute atomic E-state index is 0.225. The summed E-state index contributed by atoms with van der Waals surface area (Å²) in [7, 11) is 1.29. The van der Waals surface area contributed by atoms with Crippen LogP contribution in [-0.4, -0.2) is 13.1 Å². The van der Waals surface area contributed by atoms with Gasteiger partial charge in [-0.15, -0.1) is 0 Å². The van der Waals surface area contributed by atoms with E-state index >= 15 is 0 Å². The Hall–Kier alpha value is -3.00. The van der Waals surface area contributed by atoms with Gasteiger partial charge in [-0.05, 0) is 36.8 Å². The van der Waals surface area contributed by atoms with E-state index in [0.29, 0.717) is 17.0 Å². The molecule has 0 saturated carbocycles. The van der Waals surface area contributed by atoms with E-state index < -0.39 is 5.97 Å². The van der Waals surface area contributed by atoms with E-state index in [0.717, 1.165) is 5.56 Å². The summed E-state index contributed by atoms with van der Waals surface area (Å²) in [5.74, 6) is 0.158. The van der Waals surface area contributed by atoms with Crippen LogP contribution in [0.4, 0.5) is 5.69 Å². The fraction of sp³-hybridized carbons (Fsp3) is 0.125. The van der Waals surface area contributed by atoms with Gasteiger partial charge in [0.05, 0.1) is 24.4 Å². The van der Waals surface area contributed by atoms with E-state index in [-0.39, 0.29) is 11.3 Å². The lowest BCUT2D eigenvalue weighted by Gasteiger charge is -2.14. The average Bonchev–Trinajstić information content (AvgIpc) is 2.50. The number of aryl methyl sites for hydroxylation is 1. The zero-order chi connectivity index (χ0) is 15.4. The number of hydrogen-bond acceptors (Lipinski definition) is 5. The predicted molar refractivity (Wildman–Crippen MR) is 78.2 cm³/mol. The van der Waals surface area contributed by atoms with E-state index in [1.807, 2.05) is 13.0 Å². The molecule has 5 heteroatoms. The SMILES string of the molecule is COC(=O)c1cccc(N)c1Oc1cc(C#N)ccc1C. The van der Waals surface area contributed by atoms with E-state index in [1.165, 1.54) is 7.11 Å². The Morgan fingerprint density at radius 2 is 2.05 bits per heavy atom. The number of rotatable bonds is 3. The van der Waals surface area contributed by atoms with Crippen LogP contribution in [0.3, 0.4) is 0 Å². The second-order valence-corrected chi connectivity index (χ2v) is 4.41. The first-order valence-corrected chi connectivity index (χ1v) is 6.22. The first-order valence-electron chi connectivity index (χ1n) is 6.22. The highest BCUT2D eigenvalue weighted by Gasteiger charge is 2.17. The van der Waals surface area contributed by atoms with Crippen molar-refractivity contribution in [1.82, 2.24) is 0 Å². The van der Waals surface area contributed by atoms with Crippen LogP contribution in [0.1, 0.15) is 21.5 Å². The number of hydrogen-bond donors (Lipinski definition) is 1. The number of methoxy groups -OCH3 is 1. The van der Waals surface area contributed by atoms with Crippen LogP contribution in [0.25, 0.3) is 0 Å². The first-order chi connectivity index (χ1) is 10.1. The third-order valence-electron chi connectivity index (χ3n) is 2.98. The van der Waals surface area contributed by atoms with Crippen LogP contribution in [0.5, 0.6) is 11.5 Å². The number of benzene rings is 2. The molecule has 0 atom stereocenters. The van der Waals surface area contributed by atoms with Gasteiger partial charge >= 0.3 is 5.97 Å². The number of ether oxygens (including phenoxy) is 2. The first kappa shape index (κ1) is 14.4. The van der Waals surface area contributed by atoms with E-state index in [4.69, 9.17) is 20.5 Å². The lowest BCUT2D eigenvalue weighted by atomic mass is 10.1. The molecule has 0 fully saturated rings. The summed E-state index contributed by atoms with van der Waals surface area (Å²) in [6.07, 6.45) is 0. The molecule has 0 spiro atoms. The molecule has 2 aromatic carbocycles. The standard InChI is InChI=1S/C16H14N2O3/c1-10-6-7-11(9-17)8-14(10)21-15-12(16(19)20-2)4-3-5-13(15)18/h3-8H,18H2,1-2H3. The number of nitrogens with two attached hydrogens (primary N) is 1. The average molecular weight is 282 g/mol. The third-order valence-corrected chi connectivity index (χ3v) is 2.98. The molecule has 0 radical (unpaired) electrons. The molecule has 2 N–H and O–H groups in total. The molecule has 21 heavy (non-hydrogen) atoms. The molecule has 0 aromatic heterocycles. The summed E-state index contributed by atoms with van der Waals surface area (Å²) in [5, 5.41) is 8.95. The van der Waals surface area contributed by atoms with Gasteiger partial charge in [0.2, 0.25) is 0 Å². The molecule has 0 saturated heterocycles. The molecule has 0 unspecified atom stereocenters. The smallest absolute Gasteiger partial charge is 0.341 e. The van der Waals surface area contributed by atoms with Gasteiger partial charge in [0.15, 0.2) is 5.75 Å². The summed E-state index contributed by atoms with van der Waals surface area (Å²) in [5.41, 5.74) is 7.73. The minimum atomic E-state index is -0.536. The van der Waals surface area contributed by atoms with Gasteiger partial charge in [-0.3, -0.25) is 0 Å². The molecule has 0 aliphatic rings. The quantitative estimate of drug-likeness (QED) is 0.690. The number of anilines is 1. The fourth-order valence-electron chi connectivity index (χ4n) is 1.83. The highest BCUT2D eigenvalue weighted by Crippen LogP contribution is 2.33. The van der Waals surface area contributed by atoms with Crippen LogP contribution in [0.2, 0.25) is 0 Å². The van der Waals surface area contributed by atoms with Crippen molar-refractivity contribution in [3.63, 3.8) is 0 Å². The largest absolute Gasteiger partial charge is 0.465 e. The van der Waals surface area contributed by atoms with Crippen LogP contribution < -0.4 is 10.5 Å². The van der Waals surface area contributed by atoms with Gasteiger partial charge in [-0.25, -0.2) is 4.79 Å². The van der Waals surface area contributed by atoms with Crippen molar-refractivity contribution in [3.8, 4) is 17.6 Å². The maximum Gasteiger partial charge on any atom is 0.341 e.